The lowest BCUT2D eigenvalue weighted by Crippen LogP contribution is -2.27. The molecular formula is C19H16BrNO3S2. The van der Waals surface area contributed by atoms with Gasteiger partial charge in [-0.15, -0.1) is 0 Å². The fourth-order valence-corrected chi connectivity index (χ4v) is 4.19. The number of ether oxygens (including phenoxy) is 2. The zero-order valence-electron chi connectivity index (χ0n) is 14.2. The summed E-state index contributed by atoms with van der Waals surface area (Å²) in [6.45, 7) is 2.44. The Bertz CT molecular complexity index is 898. The summed E-state index contributed by atoms with van der Waals surface area (Å²) in [6, 6.07) is 13.1. The molecule has 1 aliphatic heterocycles. The average molecular weight is 450 g/mol. The third-order valence-corrected chi connectivity index (χ3v) is 5.44. The molecule has 0 unspecified atom stereocenters. The molecule has 26 heavy (non-hydrogen) atoms. The first kappa shape index (κ1) is 18.9. The first-order valence-corrected chi connectivity index (χ1v) is 9.89. The summed E-state index contributed by atoms with van der Waals surface area (Å²) in [5.74, 6) is 1.17. The number of carbonyl (C=O) groups excluding carboxylic acids is 1. The molecule has 0 aromatic heterocycles. The second-order valence-electron chi connectivity index (χ2n) is 5.34. The highest BCUT2D eigenvalue weighted by Crippen LogP contribution is 2.37. The Balaban J connectivity index is 1.92. The fraction of sp³-hybridized carbons (Fsp3) is 0.158. The van der Waals surface area contributed by atoms with Gasteiger partial charge in [0.05, 0.1) is 24.3 Å². The molecule has 2 aromatic rings. The lowest BCUT2D eigenvalue weighted by Gasteiger charge is -2.14. The topological polar surface area (TPSA) is 38.8 Å². The van der Waals surface area contributed by atoms with Gasteiger partial charge < -0.3 is 9.47 Å². The number of halogens is 1. The predicted octanol–water partition coefficient (Wildman–Crippen LogP) is 5.26. The summed E-state index contributed by atoms with van der Waals surface area (Å²) in [7, 11) is 1.60. The van der Waals surface area contributed by atoms with Gasteiger partial charge in [-0.2, -0.15) is 0 Å². The number of thiocarbonyl (C=S) groups is 1. The van der Waals surface area contributed by atoms with Crippen LogP contribution in [0.15, 0.2) is 51.8 Å². The maximum absolute atomic E-state index is 12.8. The van der Waals surface area contributed by atoms with E-state index in [0.29, 0.717) is 27.3 Å². The summed E-state index contributed by atoms with van der Waals surface area (Å²) in [4.78, 5) is 15.0. The van der Waals surface area contributed by atoms with E-state index in [2.05, 4.69) is 15.9 Å². The molecule has 0 spiro atoms. The van der Waals surface area contributed by atoms with Crippen LogP contribution in [0.4, 0.5) is 5.69 Å². The van der Waals surface area contributed by atoms with Crippen molar-refractivity contribution in [2.75, 3.05) is 18.6 Å². The van der Waals surface area contributed by atoms with E-state index in [0.717, 1.165) is 15.7 Å². The van der Waals surface area contributed by atoms with Crippen molar-refractivity contribution >= 4 is 61.9 Å². The van der Waals surface area contributed by atoms with Crippen LogP contribution in [0.25, 0.3) is 6.08 Å². The minimum atomic E-state index is -0.133. The Morgan fingerprint density at radius 2 is 2.04 bits per heavy atom. The minimum Gasteiger partial charge on any atom is -0.493 e. The van der Waals surface area contributed by atoms with E-state index in [-0.39, 0.29) is 5.91 Å². The van der Waals surface area contributed by atoms with Crippen LogP contribution in [-0.2, 0) is 4.79 Å². The molecule has 0 bridgehead atoms. The number of anilines is 1. The SMILES string of the molecule is CCOc1cc(/C=C2/SC(=S)N(c3cccc(Br)c3)C2=O)ccc1OC. The number of rotatable bonds is 5. The summed E-state index contributed by atoms with van der Waals surface area (Å²) in [5, 5.41) is 0. The third-order valence-electron chi connectivity index (χ3n) is 3.65. The normalized spacial score (nSPS) is 15.7. The van der Waals surface area contributed by atoms with Gasteiger partial charge in [0, 0.05) is 4.47 Å². The van der Waals surface area contributed by atoms with Gasteiger partial charge in [0.25, 0.3) is 5.91 Å². The van der Waals surface area contributed by atoms with E-state index < -0.39 is 0 Å². The molecular weight excluding hydrogens is 434 g/mol. The highest BCUT2D eigenvalue weighted by atomic mass is 79.9. The Hall–Kier alpha value is -1.83. The van der Waals surface area contributed by atoms with Crippen LogP contribution in [0, 0.1) is 0 Å². The summed E-state index contributed by atoms with van der Waals surface area (Å²) >= 11 is 10.1. The number of nitrogens with zero attached hydrogens (tertiary/aromatic N) is 1. The summed E-state index contributed by atoms with van der Waals surface area (Å²) < 4.78 is 12.3. The first-order chi connectivity index (χ1) is 12.5. The molecule has 1 heterocycles. The van der Waals surface area contributed by atoms with E-state index in [9.17, 15) is 4.79 Å². The maximum Gasteiger partial charge on any atom is 0.270 e. The van der Waals surface area contributed by atoms with Crippen molar-refractivity contribution < 1.29 is 14.3 Å². The molecule has 0 radical (unpaired) electrons. The molecule has 2 aromatic carbocycles. The lowest BCUT2D eigenvalue weighted by atomic mass is 10.2. The molecule has 0 N–H and O–H groups in total. The molecule has 1 aliphatic rings. The second kappa shape index (κ2) is 8.24. The molecule has 0 saturated carbocycles. The molecule has 7 heteroatoms. The van der Waals surface area contributed by atoms with E-state index in [4.69, 9.17) is 21.7 Å². The molecule has 4 nitrogen and oxygen atoms in total. The Labute approximate surface area is 170 Å². The van der Waals surface area contributed by atoms with Gasteiger partial charge in [0.2, 0.25) is 0 Å². The molecule has 134 valence electrons. The van der Waals surface area contributed by atoms with Crippen molar-refractivity contribution in [3.63, 3.8) is 0 Å². The van der Waals surface area contributed by atoms with E-state index >= 15 is 0 Å². The fourth-order valence-electron chi connectivity index (χ4n) is 2.51. The Morgan fingerprint density at radius 3 is 2.73 bits per heavy atom. The third kappa shape index (κ3) is 3.95. The molecule has 0 aliphatic carbocycles. The van der Waals surface area contributed by atoms with Gasteiger partial charge >= 0.3 is 0 Å². The van der Waals surface area contributed by atoms with Crippen molar-refractivity contribution in [2.45, 2.75) is 6.92 Å². The number of methoxy groups -OCH3 is 1. The molecule has 3 rings (SSSR count). The molecule has 1 saturated heterocycles. The van der Waals surface area contributed by atoms with Crippen molar-refractivity contribution in [3.8, 4) is 11.5 Å². The largest absolute Gasteiger partial charge is 0.493 e. The zero-order valence-corrected chi connectivity index (χ0v) is 17.4. The van der Waals surface area contributed by atoms with Crippen LogP contribution in [-0.4, -0.2) is 23.9 Å². The second-order valence-corrected chi connectivity index (χ2v) is 7.93. The maximum atomic E-state index is 12.8. The number of thioether (sulfide) groups is 1. The number of hydrogen-bond acceptors (Lipinski definition) is 5. The molecule has 0 atom stereocenters. The van der Waals surface area contributed by atoms with Crippen molar-refractivity contribution in [1.29, 1.82) is 0 Å². The van der Waals surface area contributed by atoms with Crippen molar-refractivity contribution in [1.82, 2.24) is 0 Å². The standard InChI is InChI=1S/C19H16BrNO3S2/c1-3-24-16-9-12(7-8-15(16)23-2)10-17-18(22)21(19(25)26-17)14-6-4-5-13(20)11-14/h4-11H,3H2,1-2H3/b17-10+. The first-order valence-electron chi connectivity index (χ1n) is 7.88. The van der Waals surface area contributed by atoms with Crippen LogP contribution in [0.1, 0.15) is 12.5 Å². The average Bonchev–Trinajstić information content (AvgIpc) is 2.89. The van der Waals surface area contributed by atoms with E-state index in [1.54, 1.807) is 12.0 Å². The predicted molar refractivity (Wildman–Crippen MR) is 114 cm³/mol. The number of amides is 1. The van der Waals surface area contributed by atoms with Crippen LogP contribution in [0.3, 0.4) is 0 Å². The van der Waals surface area contributed by atoms with Gasteiger partial charge in [-0.3, -0.25) is 9.69 Å². The van der Waals surface area contributed by atoms with Gasteiger partial charge in [0.15, 0.2) is 15.8 Å². The minimum absolute atomic E-state index is 0.133. The molecule has 1 amide bonds. The highest BCUT2D eigenvalue weighted by Gasteiger charge is 2.33. The van der Waals surface area contributed by atoms with Gasteiger partial charge in [-0.1, -0.05) is 52.0 Å². The summed E-state index contributed by atoms with van der Waals surface area (Å²) in [5.41, 5.74) is 1.60. The van der Waals surface area contributed by atoms with Gasteiger partial charge in [0.1, 0.15) is 0 Å². The zero-order chi connectivity index (χ0) is 18.7. The highest BCUT2D eigenvalue weighted by molar-refractivity contribution is 9.10. The quantitative estimate of drug-likeness (QED) is 0.459. The monoisotopic (exact) mass is 449 g/mol. The van der Waals surface area contributed by atoms with Crippen molar-refractivity contribution in [3.05, 3.63) is 57.4 Å². The van der Waals surface area contributed by atoms with Crippen LogP contribution < -0.4 is 14.4 Å². The van der Waals surface area contributed by atoms with E-state index in [1.807, 2.05) is 55.5 Å². The number of carbonyl (C=O) groups is 1. The summed E-state index contributed by atoms with van der Waals surface area (Å²) in [6.07, 6.45) is 1.82. The van der Waals surface area contributed by atoms with Crippen molar-refractivity contribution in [2.24, 2.45) is 0 Å². The Morgan fingerprint density at radius 1 is 1.23 bits per heavy atom. The Kier molecular flexibility index (Phi) is 6.01. The van der Waals surface area contributed by atoms with Gasteiger partial charge in [-0.05, 0) is 48.9 Å². The number of benzene rings is 2. The number of hydrogen-bond donors (Lipinski definition) is 0. The van der Waals surface area contributed by atoms with Crippen LogP contribution >= 0.6 is 39.9 Å². The van der Waals surface area contributed by atoms with Crippen LogP contribution in [0.5, 0.6) is 11.5 Å². The van der Waals surface area contributed by atoms with Gasteiger partial charge in [-0.25, -0.2) is 0 Å². The van der Waals surface area contributed by atoms with Crippen LogP contribution in [0.2, 0.25) is 0 Å². The lowest BCUT2D eigenvalue weighted by molar-refractivity contribution is -0.113. The van der Waals surface area contributed by atoms with E-state index in [1.165, 1.54) is 11.8 Å². The smallest absolute Gasteiger partial charge is 0.270 e. The molecule has 1 fully saturated rings.